The van der Waals surface area contributed by atoms with Gasteiger partial charge in [0.1, 0.15) is 34.7 Å². The van der Waals surface area contributed by atoms with Gasteiger partial charge in [-0.2, -0.15) is 13.2 Å². The summed E-state index contributed by atoms with van der Waals surface area (Å²) in [5, 5.41) is 2.19. The quantitative estimate of drug-likeness (QED) is 0.755. The van der Waals surface area contributed by atoms with E-state index in [1.165, 1.54) is 20.9 Å². The molecule has 0 aliphatic carbocycles. The third-order valence-electron chi connectivity index (χ3n) is 4.05. The summed E-state index contributed by atoms with van der Waals surface area (Å²) in [6, 6.07) is 0.0823. The Morgan fingerprint density at radius 1 is 1.42 bits per heavy atom. The predicted molar refractivity (Wildman–Crippen MR) is 88.5 cm³/mol. The Morgan fingerprint density at radius 3 is 2.54 bits per heavy atom. The van der Waals surface area contributed by atoms with Gasteiger partial charge in [-0.25, -0.2) is 27.1 Å². The van der Waals surface area contributed by atoms with E-state index in [0.29, 0.717) is 0 Å². The van der Waals surface area contributed by atoms with Crippen LogP contribution in [0.15, 0.2) is 17.1 Å². The minimum absolute atomic E-state index is 0.239. The average molecular weight is 397 g/mol. The molecule has 0 bridgehead atoms. The second kappa shape index (κ2) is 6.56. The van der Waals surface area contributed by atoms with Crippen molar-refractivity contribution in [1.82, 2.24) is 9.29 Å². The van der Waals surface area contributed by atoms with Crippen molar-refractivity contribution in [1.29, 1.82) is 0 Å². The van der Waals surface area contributed by atoms with E-state index in [9.17, 15) is 26.0 Å². The van der Waals surface area contributed by atoms with E-state index in [1.807, 2.05) is 0 Å². The first-order valence-corrected chi connectivity index (χ1v) is 9.23. The molecular formula is C14H19F4N5O2S. The number of pyridine rings is 1. The number of guanidine groups is 1. The highest BCUT2D eigenvalue weighted by Crippen LogP contribution is 2.33. The van der Waals surface area contributed by atoms with Gasteiger partial charge < -0.3 is 11.1 Å². The Bertz CT molecular complexity index is 827. The van der Waals surface area contributed by atoms with Gasteiger partial charge in [-0.1, -0.05) is 6.92 Å². The number of hydrogen-bond acceptors (Lipinski definition) is 6. The fourth-order valence-electron chi connectivity index (χ4n) is 2.57. The van der Waals surface area contributed by atoms with Crippen molar-refractivity contribution in [2.75, 3.05) is 18.1 Å². The van der Waals surface area contributed by atoms with E-state index < -0.39 is 45.0 Å². The van der Waals surface area contributed by atoms with Crippen molar-refractivity contribution < 1.29 is 26.0 Å². The highest BCUT2D eigenvalue weighted by atomic mass is 32.2. The van der Waals surface area contributed by atoms with Gasteiger partial charge in [-0.15, -0.1) is 0 Å². The second-order valence-electron chi connectivity index (χ2n) is 6.14. The van der Waals surface area contributed by atoms with Crippen LogP contribution in [0.1, 0.15) is 26.0 Å². The molecule has 2 atom stereocenters. The molecule has 146 valence electrons. The standard InChI is InChI=1S/C14H19F4N5O2S/c1-4-9(14(16,17)18)20-10-6-5-8(15)11(21-10)13(2)7-26(24,25)23(3)12(19)22-13/h5-6,9H,4,7H2,1-3H3,(H2,19,22)(H,20,21)/t9?,13-/m0/s1. The van der Waals surface area contributed by atoms with Crippen LogP contribution in [0, 0.1) is 5.82 Å². The Labute approximate surface area is 148 Å². The van der Waals surface area contributed by atoms with Crippen molar-refractivity contribution in [3.63, 3.8) is 0 Å². The summed E-state index contributed by atoms with van der Waals surface area (Å²) in [4.78, 5) is 7.86. The average Bonchev–Trinajstić information content (AvgIpc) is 2.50. The number of alkyl halides is 3. The lowest BCUT2D eigenvalue weighted by atomic mass is 9.99. The van der Waals surface area contributed by atoms with Crippen LogP contribution in [-0.4, -0.2) is 48.7 Å². The highest BCUT2D eigenvalue weighted by Gasteiger charge is 2.43. The molecule has 2 rings (SSSR count). The number of nitrogens with zero attached hydrogens (tertiary/aromatic N) is 3. The van der Waals surface area contributed by atoms with E-state index in [0.717, 1.165) is 16.4 Å². The van der Waals surface area contributed by atoms with Crippen molar-refractivity contribution in [2.24, 2.45) is 10.7 Å². The van der Waals surface area contributed by atoms with Crippen LogP contribution >= 0.6 is 0 Å². The molecule has 0 saturated heterocycles. The van der Waals surface area contributed by atoms with Crippen LogP contribution in [-0.2, 0) is 15.6 Å². The van der Waals surface area contributed by atoms with Crippen LogP contribution in [0.5, 0.6) is 0 Å². The fraction of sp³-hybridized carbons (Fsp3) is 0.571. The molecule has 1 aromatic rings. The van der Waals surface area contributed by atoms with Gasteiger partial charge in [0.25, 0.3) is 0 Å². The molecule has 0 radical (unpaired) electrons. The molecule has 1 aliphatic heterocycles. The first kappa shape index (κ1) is 20.2. The van der Waals surface area contributed by atoms with Gasteiger partial charge in [0.05, 0.1) is 0 Å². The molecule has 0 saturated carbocycles. The van der Waals surface area contributed by atoms with Crippen LogP contribution < -0.4 is 11.1 Å². The van der Waals surface area contributed by atoms with Crippen LogP contribution in [0.25, 0.3) is 0 Å². The maximum absolute atomic E-state index is 14.3. The zero-order valence-electron chi connectivity index (χ0n) is 14.3. The number of sulfonamides is 1. The fourth-order valence-corrected chi connectivity index (χ4v) is 4.00. The topological polar surface area (TPSA) is 101 Å². The number of rotatable bonds is 4. The number of aromatic nitrogens is 1. The summed E-state index contributed by atoms with van der Waals surface area (Å²) in [6.07, 6.45) is -4.78. The lowest BCUT2D eigenvalue weighted by Crippen LogP contribution is -2.50. The normalized spacial score (nSPS) is 24.1. The summed E-state index contributed by atoms with van der Waals surface area (Å²) in [5.41, 5.74) is 3.52. The first-order valence-electron chi connectivity index (χ1n) is 7.62. The molecule has 0 spiro atoms. The van der Waals surface area contributed by atoms with Crippen molar-refractivity contribution in [2.45, 2.75) is 38.0 Å². The summed E-state index contributed by atoms with van der Waals surface area (Å²) >= 11 is 0. The number of halogens is 4. The first-order chi connectivity index (χ1) is 11.8. The van der Waals surface area contributed by atoms with E-state index in [1.54, 1.807) is 0 Å². The molecule has 0 aromatic carbocycles. The highest BCUT2D eigenvalue weighted by molar-refractivity contribution is 7.89. The molecule has 0 fully saturated rings. The molecule has 26 heavy (non-hydrogen) atoms. The zero-order valence-corrected chi connectivity index (χ0v) is 15.1. The molecule has 2 heterocycles. The molecule has 0 amide bonds. The third-order valence-corrected chi connectivity index (χ3v) is 5.99. The summed E-state index contributed by atoms with van der Waals surface area (Å²) < 4.78 is 78.2. The van der Waals surface area contributed by atoms with E-state index in [4.69, 9.17) is 5.73 Å². The van der Waals surface area contributed by atoms with Crippen molar-refractivity contribution in [3.8, 4) is 0 Å². The smallest absolute Gasteiger partial charge is 0.369 e. The van der Waals surface area contributed by atoms with E-state index in [2.05, 4.69) is 15.3 Å². The minimum atomic E-state index is -4.52. The maximum atomic E-state index is 14.3. The lowest BCUT2D eigenvalue weighted by Gasteiger charge is -2.34. The molecular weight excluding hydrogens is 378 g/mol. The van der Waals surface area contributed by atoms with Crippen molar-refractivity contribution >= 4 is 21.8 Å². The monoisotopic (exact) mass is 397 g/mol. The molecule has 12 heteroatoms. The largest absolute Gasteiger partial charge is 0.408 e. The summed E-state index contributed by atoms with van der Waals surface area (Å²) in [7, 11) is -2.68. The van der Waals surface area contributed by atoms with Gasteiger partial charge >= 0.3 is 6.18 Å². The minimum Gasteiger partial charge on any atom is -0.369 e. The Morgan fingerprint density at radius 2 is 2.04 bits per heavy atom. The lowest BCUT2D eigenvalue weighted by molar-refractivity contribution is -0.142. The Hall–Kier alpha value is -2.11. The van der Waals surface area contributed by atoms with Gasteiger partial charge in [-0.05, 0) is 25.5 Å². The third kappa shape index (κ3) is 3.84. The number of nitrogens with one attached hydrogen (secondary N) is 1. The molecule has 1 aromatic heterocycles. The van der Waals surface area contributed by atoms with Crippen LogP contribution in [0.3, 0.4) is 0 Å². The number of hydrogen-bond donors (Lipinski definition) is 2. The zero-order chi connectivity index (χ0) is 19.9. The van der Waals surface area contributed by atoms with Gasteiger partial charge in [0, 0.05) is 7.05 Å². The molecule has 1 unspecified atom stereocenters. The van der Waals surface area contributed by atoms with Crippen molar-refractivity contribution in [3.05, 3.63) is 23.6 Å². The van der Waals surface area contributed by atoms with Gasteiger partial charge in [-0.3, -0.25) is 0 Å². The number of nitrogens with two attached hydrogens (primary N) is 1. The Kier molecular flexibility index (Phi) is 5.10. The maximum Gasteiger partial charge on any atom is 0.408 e. The SMILES string of the molecule is CCC(Nc1ccc(F)c([C@]2(C)CS(=O)(=O)N(C)C(N)=N2)n1)C(F)(F)F. The predicted octanol–water partition coefficient (Wildman–Crippen LogP) is 1.78. The van der Waals surface area contributed by atoms with E-state index in [-0.39, 0.29) is 18.2 Å². The van der Waals surface area contributed by atoms with E-state index >= 15 is 0 Å². The molecule has 3 N–H and O–H groups in total. The number of aliphatic imine (C=N–C) groups is 1. The molecule has 1 aliphatic rings. The van der Waals surface area contributed by atoms with Crippen LogP contribution in [0.2, 0.25) is 0 Å². The summed E-state index contributed by atoms with van der Waals surface area (Å²) in [6.45, 7) is 2.64. The van der Waals surface area contributed by atoms with Gasteiger partial charge in [0.2, 0.25) is 16.0 Å². The molecule has 7 nitrogen and oxygen atoms in total. The van der Waals surface area contributed by atoms with Crippen LogP contribution in [0.4, 0.5) is 23.4 Å². The number of anilines is 1. The van der Waals surface area contributed by atoms with Gasteiger partial charge in [0.15, 0.2) is 0 Å². The second-order valence-corrected chi connectivity index (χ2v) is 8.14. The summed E-state index contributed by atoms with van der Waals surface area (Å²) in [5.74, 6) is -2.12. The Balaban J connectivity index is 2.48.